The van der Waals surface area contributed by atoms with Gasteiger partial charge in [0.1, 0.15) is 5.75 Å². The molecule has 0 aliphatic heterocycles. The molecule has 0 aliphatic rings. The van der Waals surface area contributed by atoms with Gasteiger partial charge in [-0.2, -0.15) is 9.78 Å². The second-order valence-electron chi connectivity index (χ2n) is 7.02. The number of anilines is 1. The van der Waals surface area contributed by atoms with Crippen molar-refractivity contribution in [3.63, 3.8) is 0 Å². The Morgan fingerprint density at radius 1 is 1.09 bits per heavy atom. The van der Waals surface area contributed by atoms with Crippen molar-refractivity contribution in [3.05, 3.63) is 76.2 Å². The number of carbonyl (C=O) groups is 2. The molecule has 12 heteroatoms. The summed E-state index contributed by atoms with van der Waals surface area (Å²) in [4.78, 5) is 37.4. The van der Waals surface area contributed by atoms with E-state index in [0.29, 0.717) is 5.69 Å². The molecule has 184 valence electrons. The van der Waals surface area contributed by atoms with Crippen LogP contribution in [0.15, 0.2) is 59.4 Å². The Balaban J connectivity index is 1.77. The Bertz CT molecular complexity index is 1270. The fourth-order valence-corrected chi connectivity index (χ4v) is 2.95. The first-order chi connectivity index (χ1) is 16.6. The number of hydrogen-bond acceptors (Lipinski definition) is 7. The summed E-state index contributed by atoms with van der Waals surface area (Å²) in [5.74, 6) is -2.27. The highest BCUT2D eigenvalue weighted by atomic mass is 19.4. The molecule has 0 aliphatic carbocycles. The molecular formula is C23H20F3N3O6. The van der Waals surface area contributed by atoms with E-state index >= 15 is 0 Å². The van der Waals surface area contributed by atoms with Gasteiger partial charge in [0.15, 0.2) is 12.4 Å². The number of aromatic nitrogens is 2. The van der Waals surface area contributed by atoms with E-state index in [9.17, 15) is 27.6 Å². The molecule has 0 spiro atoms. The molecule has 0 saturated carbocycles. The highest BCUT2D eigenvalue weighted by Crippen LogP contribution is 2.24. The number of nitrogens with one attached hydrogen (secondary N) is 1. The second-order valence-corrected chi connectivity index (χ2v) is 7.02. The highest BCUT2D eigenvalue weighted by molar-refractivity contribution is 5.93. The second kappa shape index (κ2) is 10.7. The van der Waals surface area contributed by atoms with E-state index in [1.165, 1.54) is 12.1 Å². The first kappa shape index (κ1) is 25.3. The molecule has 35 heavy (non-hydrogen) atoms. The number of para-hydroxylation sites is 1. The maximum absolute atomic E-state index is 12.7. The number of nitrogens with zero attached hydrogens (tertiary/aromatic N) is 2. The van der Waals surface area contributed by atoms with Gasteiger partial charge < -0.3 is 19.5 Å². The molecule has 3 aromatic rings. The van der Waals surface area contributed by atoms with Gasteiger partial charge in [0.2, 0.25) is 5.69 Å². The fraction of sp³-hybridized carbons (Fsp3) is 0.217. The van der Waals surface area contributed by atoms with Crippen LogP contribution in [0.25, 0.3) is 5.69 Å². The van der Waals surface area contributed by atoms with Gasteiger partial charge >= 0.3 is 12.3 Å². The zero-order chi connectivity index (χ0) is 25.6. The van der Waals surface area contributed by atoms with Crippen LogP contribution in [0, 0.1) is 6.92 Å². The van der Waals surface area contributed by atoms with Crippen molar-refractivity contribution in [1.29, 1.82) is 0 Å². The molecule has 3 rings (SSSR count). The lowest BCUT2D eigenvalue weighted by atomic mass is 10.2. The van der Waals surface area contributed by atoms with Crippen LogP contribution in [0.4, 0.5) is 18.9 Å². The number of carbonyl (C=O) groups excluding carboxylic acids is 2. The number of rotatable bonds is 8. The zero-order valence-corrected chi connectivity index (χ0v) is 18.6. The van der Waals surface area contributed by atoms with E-state index in [0.717, 1.165) is 28.4 Å². The molecule has 0 atom stereocenters. The van der Waals surface area contributed by atoms with Crippen LogP contribution in [0.1, 0.15) is 23.0 Å². The number of hydrogen-bond donors (Lipinski definition) is 1. The molecule has 1 amide bonds. The Labute approximate surface area is 197 Å². The van der Waals surface area contributed by atoms with Crippen LogP contribution < -0.4 is 20.3 Å². The van der Waals surface area contributed by atoms with Crippen LogP contribution >= 0.6 is 0 Å². The Hall–Kier alpha value is -4.35. The smallest absolute Gasteiger partial charge is 0.481 e. The summed E-state index contributed by atoms with van der Waals surface area (Å²) < 4.78 is 51.9. The number of benzene rings is 2. The number of alkyl halides is 3. The predicted molar refractivity (Wildman–Crippen MR) is 118 cm³/mol. The van der Waals surface area contributed by atoms with Crippen molar-refractivity contribution in [3.8, 4) is 17.2 Å². The Morgan fingerprint density at radius 3 is 2.40 bits per heavy atom. The zero-order valence-electron chi connectivity index (χ0n) is 18.6. The summed E-state index contributed by atoms with van der Waals surface area (Å²) in [7, 11) is 0. The standard InChI is InChI=1S/C23H20F3N3O6/c1-3-33-22(32)21-18(12-20(31)29(28-21)17-7-5-4-6-14(17)2)34-13-19(30)27-15-8-10-16(11-9-15)35-23(24,25)26/h4-12H,3,13H2,1-2H3,(H,27,30). The Morgan fingerprint density at radius 2 is 1.77 bits per heavy atom. The van der Waals surface area contributed by atoms with E-state index < -0.39 is 36.2 Å². The topological polar surface area (TPSA) is 109 Å². The molecule has 0 fully saturated rings. The lowest BCUT2D eigenvalue weighted by molar-refractivity contribution is -0.274. The van der Waals surface area contributed by atoms with Gasteiger partial charge in [-0.1, -0.05) is 18.2 Å². The third kappa shape index (κ3) is 6.82. The lowest BCUT2D eigenvalue weighted by Crippen LogP contribution is -2.27. The van der Waals surface area contributed by atoms with E-state index in [-0.39, 0.29) is 23.7 Å². The van der Waals surface area contributed by atoms with Crippen molar-refractivity contribution in [2.75, 3.05) is 18.5 Å². The number of halogens is 3. The molecule has 0 unspecified atom stereocenters. The van der Waals surface area contributed by atoms with Crippen molar-refractivity contribution in [1.82, 2.24) is 9.78 Å². The number of ether oxygens (including phenoxy) is 3. The minimum atomic E-state index is -4.84. The molecule has 1 N–H and O–H groups in total. The number of aryl methyl sites for hydroxylation is 1. The monoisotopic (exact) mass is 491 g/mol. The van der Waals surface area contributed by atoms with Crippen molar-refractivity contribution < 1.29 is 37.0 Å². The third-order valence-corrected chi connectivity index (χ3v) is 4.44. The summed E-state index contributed by atoms with van der Waals surface area (Å²) >= 11 is 0. The summed E-state index contributed by atoms with van der Waals surface area (Å²) in [5.41, 5.74) is 0.438. The third-order valence-electron chi connectivity index (χ3n) is 4.44. The van der Waals surface area contributed by atoms with Gasteiger partial charge in [-0.05, 0) is 49.7 Å². The molecule has 0 saturated heterocycles. The van der Waals surface area contributed by atoms with Crippen molar-refractivity contribution in [2.45, 2.75) is 20.2 Å². The van der Waals surface area contributed by atoms with Crippen molar-refractivity contribution >= 4 is 17.6 Å². The Kier molecular flexibility index (Phi) is 7.74. The molecule has 9 nitrogen and oxygen atoms in total. The average molecular weight is 491 g/mol. The highest BCUT2D eigenvalue weighted by Gasteiger charge is 2.31. The summed E-state index contributed by atoms with van der Waals surface area (Å²) in [6.07, 6.45) is -4.84. The maximum atomic E-state index is 12.7. The predicted octanol–water partition coefficient (Wildman–Crippen LogP) is 3.63. The first-order valence-electron chi connectivity index (χ1n) is 10.2. The number of amides is 1. The largest absolute Gasteiger partial charge is 0.573 e. The molecule has 2 aromatic carbocycles. The summed E-state index contributed by atoms with van der Waals surface area (Å²) in [6.45, 7) is 2.78. The van der Waals surface area contributed by atoms with E-state index in [1.54, 1.807) is 38.1 Å². The maximum Gasteiger partial charge on any atom is 0.573 e. The molecule has 0 bridgehead atoms. The molecule has 1 aromatic heterocycles. The van der Waals surface area contributed by atoms with Gasteiger partial charge in [-0.15, -0.1) is 13.2 Å². The lowest BCUT2D eigenvalue weighted by Gasteiger charge is -2.14. The van der Waals surface area contributed by atoms with E-state index in [1.807, 2.05) is 0 Å². The van der Waals surface area contributed by atoms with Gasteiger partial charge in [0.25, 0.3) is 11.5 Å². The molecule has 1 heterocycles. The van der Waals surface area contributed by atoms with E-state index in [2.05, 4.69) is 15.2 Å². The van der Waals surface area contributed by atoms with Crippen LogP contribution in [0.2, 0.25) is 0 Å². The minimum Gasteiger partial charge on any atom is -0.481 e. The van der Waals surface area contributed by atoms with Gasteiger partial charge in [-0.3, -0.25) is 9.59 Å². The minimum absolute atomic E-state index is 0.0397. The fourth-order valence-electron chi connectivity index (χ4n) is 2.95. The van der Waals surface area contributed by atoms with Gasteiger partial charge in [-0.25, -0.2) is 4.79 Å². The summed E-state index contributed by atoms with van der Waals surface area (Å²) in [5, 5.41) is 6.50. The van der Waals surface area contributed by atoms with Gasteiger partial charge in [0, 0.05) is 5.69 Å². The SMILES string of the molecule is CCOC(=O)c1nn(-c2ccccc2C)c(=O)cc1OCC(=O)Nc1ccc(OC(F)(F)F)cc1. The van der Waals surface area contributed by atoms with Crippen LogP contribution in [-0.4, -0.2) is 41.2 Å². The molecule has 0 radical (unpaired) electrons. The quantitative estimate of drug-likeness (QED) is 0.480. The van der Waals surface area contributed by atoms with Crippen LogP contribution in [0.3, 0.4) is 0 Å². The number of esters is 1. The molecular weight excluding hydrogens is 471 g/mol. The van der Waals surface area contributed by atoms with Crippen LogP contribution in [-0.2, 0) is 9.53 Å². The van der Waals surface area contributed by atoms with Crippen LogP contribution in [0.5, 0.6) is 11.5 Å². The first-order valence-corrected chi connectivity index (χ1v) is 10.2. The average Bonchev–Trinajstić information content (AvgIpc) is 2.79. The summed E-state index contributed by atoms with van der Waals surface area (Å²) in [6, 6.07) is 12.4. The normalized spacial score (nSPS) is 11.0. The van der Waals surface area contributed by atoms with Gasteiger partial charge in [0.05, 0.1) is 18.4 Å². The van der Waals surface area contributed by atoms with Crippen molar-refractivity contribution in [2.24, 2.45) is 0 Å². The van der Waals surface area contributed by atoms with E-state index in [4.69, 9.17) is 9.47 Å².